The summed E-state index contributed by atoms with van der Waals surface area (Å²) in [5.74, 6) is 0.893. The Bertz CT molecular complexity index is 3350. The number of anilines is 6. The lowest BCUT2D eigenvalue weighted by molar-refractivity contribution is 0.670. The Morgan fingerprint density at radius 3 is 1.12 bits per heavy atom. The number of fused-ring (bicyclic) bond motifs is 5. The predicted molar refractivity (Wildman–Crippen MR) is 287 cm³/mol. The van der Waals surface area contributed by atoms with Crippen LogP contribution in [0.3, 0.4) is 0 Å². The van der Waals surface area contributed by atoms with Crippen molar-refractivity contribution in [3.05, 3.63) is 229 Å². The van der Waals surface area contributed by atoms with Gasteiger partial charge in [-0.15, -0.1) is 0 Å². The van der Waals surface area contributed by atoms with Gasteiger partial charge in [-0.05, 0) is 167 Å². The number of rotatable bonds is 10. The van der Waals surface area contributed by atoms with Gasteiger partial charge in [0.15, 0.2) is 0 Å². The molecular weight excluding hydrogens is 813 g/mol. The van der Waals surface area contributed by atoms with Crippen LogP contribution in [0.15, 0.2) is 211 Å². The Morgan fingerprint density at radius 1 is 0.343 bits per heavy atom. The summed E-state index contributed by atoms with van der Waals surface area (Å²) in [6.07, 6.45) is 0. The number of aryl methyl sites for hydroxylation is 2. The largest absolute Gasteiger partial charge is 0.456 e. The molecular formula is C64H54N2O. The topological polar surface area (TPSA) is 19.6 Å². The predicted octanol–water partition coefficient (Wildman–Crippen LogP) is 19.0. The third-order valence-corrected chi connectivity index (χ3v) is 13.5. The van der Waals surface area contributed by atoms with Gasteiger partial charge in [0.1, 0.15) is 11.2 Å². The first kappa shape index (κ1) is 41.8. The molecule has 0 bridgehead atoms. The van der Waals surface area contributed by atoms with Crippen LogP contribution in [0.25, 0.3) is 65.7 Å². The number of hydrogen-bond acceptors (Lipinski definition) is 3. The highest BCUT2D eigenvalue weighted by Crippen LogP contribution is 2.46. The molecule has 0 aliphatic heterocycles. The number of hydrogen-bond donors (Lipinski definition) is 0. The molecule has 0 amide bonds. The maximum Gasteiger partial charge on any atom is 0.136 e. The van der Waals surface area contributed by atoms with Crippen LogP contribution >= 0.6 is 0 Å². The molecule has 11 aromatic rings. The van der Waals surface area contributed by atoms with E-state index >= 15 is 0 Å². The van der Waals surface area contributed by atoms with E-state index < -0.39 is 0 Å². The number of nitrogens with zero attached hydrogens (tertiary/aromatic N) is 2. The monoisotopic (exact) mass is 866 g/mol. The van der Waals surface area contributed by atoms with Crippen LogP contribution < -0.4 is 9.80 Å². The maximum absolute atomic E-state index is 6.83. The molecule has 0 atom stereocenters. The fourth-order valence-electron chi connectivity index (χ4n) is 9.77. The van der Waals surface area contributed by atoms with E-state index in [4.69, 9.17) is 4.42 Å². The first-order valence-corrected chi connectivity index (χ1v) is 23.6. The van der Waals surface area contributed by atoms with Crippen molar-refractivity contribution >= 4 is 77.6 Å². The summed E-state index contributed by atoms with van der Waals surface area (Å²) < 4.78 is 6.83. The summed E-state index contributed by atoms with van der Waals surface area (Å²) >= 11 is 0. The second-order valence-electron chi connectivity index (χ2n) is 18.8. The van der Waals surface area contributed by atoms with Crippen LogP contribution in [0.2, 0.25) is 0 Å². The summed E-state index contributed by atoms with van der Waals surface area (Å²) in [6, 6.07) is 75.9. The van der Waals surface area contributed by atoms with E-state index in [9.17, 15) is 0 Å². The quantitative estimate of drug-likeness (QED) is 0.137. The molecule has 1 aromatic heterocycles. The maximum atomic E-state index is 6.83. The molecule has 0 aliphatic carbocycles. The standard InChI is InChI=1S/C64H54N2O/c1-41(2)45-19-25-53(26-20-45)65(61-31-17-43(5)33-57(61)47-13-9-7-10-14-47)55-29-23-49-37-59-60-38-50-24-30-56(36-52(50)40-64(60)67-63(59)39-51(49)35-55)66(54-27-21-46(22-28-54)42(3)4)62-32-18-44(6)34-58(62)48-15-11-8-12-16-48/h7-42H,1-6H3. The normalized spacial score (nSPS) is 11.7. The van der Waals surface area contributed by atoms with Crippen LogP contribution in [0.1, 0.15) is 61.8 Å². The van der Waals surface area contributed by atoms with E-state index in [0.717, 1.165) is 66.8 Å². The second-order valence-corrected chi connectivity index (χ2v) is 18.8. The smallest absolute Gasteiger partial charge is 0.136 e. The van der Waals surface area contributed by atoms with E-state index in [1.165, 1.54) is 55.3 Å². The van der Waals surface area contributed by atoms with Crippen LogP contribution in [-0.2, 0) is 0 Å². The summed E-state index contributed by atoms with van der Waals surface area (Å²) in [5.41, 5.74) is 18.3. The third kappa shape index (κ3) is 7.91. The van der Waals surface area contributed by atoms with Gasteiger partial charge in [0.05, 0.1) is 11.4 Å². The van der Waals surface area contributed by atoms with Crippen molar-refractivity contribution in [2.45, 2.75) is 53.4 Å². The molecule has 326 valence electrons. The van der Waals surface area contributed by atoms with Crippen molar-refractivity contribution in [2.75, 3.05) is 9.80 Å². The Hall–Kier alpha value is -7.88. The van der Waals surface area contributed by atoms with Gasteiger partial charge in [0.25, 0.3) is 0 Å². The summed E-state index contributed by atoms with van der Waals surface area (Å²) in [6.45, 7) is 13.3. The van der Waals surface area contributed by atoms with Crippen LogP contribution in [0.5, 0.6) is 0 Å². The zero-order valence-corrected chi connectivity index (χ0v) is 39.1. The van der Waals surface area contributed by atoms with Crippen molar-refractivity contribution in [1.82, 2.24) is 0 Å². The molecule has 0 saturated carbocycles. The van der Waals surface area contributed by atoms with Gasteiger partial charge in [-0.3, -0.25) is 0 Å². The molecule has 11 rings (SSSR count). The van der Waals surface area contributed by atoms with Gasteiger partial charge in [-0.25, -0.2) is 0 Å². The van der Waals surface area contributed by atoms with E-state index in [-0.39, 0.29) is 0 Å². The summed E-state index contributed by atoms with van der Waals surface area (Å²) in [7, 11) is 0. The summed E-state index contributed by atoms with van der Waals surface area (Å²) in [4.78, 5) is 4.81. The molecule has 3 heteroatoms. The van der Waals surface area contributed by atoms with Crippen molar-refractivity contribution in [3.63, 3.8) is 0 Å². The molecule has 3 nitrogen and oxygen atoms in total. The van der Waals surface area contributed by atoms with Crippen LogP contribution in [0, 0.1) is 13.8 Å². The Labute approximate surface area is 394 Å². The van der Waals surface area contributed by atoms with Crippen LogP contribution in [0.4, 0.5) is 34.1 Å². The van der Waals surface area contributed by atoms with Gasteiger partial charge in [-0.1, -0.05) is 148 Å². The van der Waals surface area contributed by atoms with E-state index in [1.807, 2.05) is 0 Å². The minimum Gasteiger partial charge on any atom is -0.456 e. The zero-order valence-electron chi connectivity index (χ0n) is 39.1. The molecule has 67 heavy (non-hydrogen) atoms. The highest BCUT2D eigenvalue weighted by molar-refractivity contribution is 6.14. The van der Waals surface area contributed by atoms with E-state index in [1.54, 1.807) is 0 Å². The Morgan fingerprint density at radius 2 is 0.731 bits per heavy atom. The third-order valence-electron chi connectivity index (χ3n) is 13.5. The van der Waals surface area contributed by atoms with Gasteiger partial charge < -0.3 is 14.2 Å². The molecule has 0 fully saturated rings. The number of furan rings is 1. The number of benzene rings is 10. The van der Waals surface area contributed by atoms with Gasteiger partial charge in [0, 0.05) is 44.6 Å². The lowest BCUT2D eigenvalue weighted by atomic mass is 9.98. The Kier molecular flexibility index (Phi) is 10.7. The van der Waals surface area contributed by atoms with Gasteiger partial charge >= 0.3 is 0 Å². The first-order chi connectivity index (χ1) is 32.6. The van der Waals surface area contributed by atoms with E-state index in [0.29, 0.717) is 11.8 Å². The van der Waals surface area contributed by atoms with Crippen LogP contribution in [-0.4, -0.2) is 0 Å². The molecule has 0 aliphatic rings. The van der Waals surface area contributed by atoms with Crippen molar-refractivity contribution in [2.24, 2.45) is 0 Å². The highest BCUT2D eigenvalue weighted by atomic mass is 16.3. The van der Waals surface area contributed by atoms with Gasteiger partial charge in [0.2, 0.25) is 0 Å². The van der Waals surface area contributed by atoms with Gasteiger partial charge in [-0.2, -0.15) is 0 Å². The molecule has 1 heterocycles. The molecule has 0 N–H and O–H groups in total. The molecule has 0 unspecified atom stereocenters. The molecule has 0 spiro atoms. The lowest BCUT2D eigenvalue weighted by Gasteiger charge is -2.29. The first-order valence-electron chi connectivity index (χ1n) is 23.6. The minimum absolute atomic E-state index is 0.447. The van der Waals surface area contributed by atoms with Crippen molar-refractivity contribution in [3.8, 4) is 22.3 Å². The fraction of sp³-hybridized carbons (Fsp3) is 0.125. The average molecular weight is 867 g/mol. The molecule has 0 saturated heterocycles. The summed E-state index contributed by atoms with van der Waals surface area (Å²) in [5, 5.41) is 6.82. The zero-order chi connectivity index (χ0) is 45.8. The van der Waals surface area contributed by atoms with Crippen molar-refractivity contribution in [1.29, 1.82) is 0 Å². The fourth-order valence-corrected chi connectivity index (χ4v) is 9.77. The second kappa shape index (κ2) is 17.2. The average Bonchev–Trinajstić information content (AvgIpc) is 3.69. The SMILES string of the molecule is Cc1ccc(N(c2ccc(C(C)C)cc2)c2ccc3cc4c(cc3c2)oc2cc3cc(N(c5ccc(C(C)C)cc5)c5ccc(C)cc5-c5ccccc5)ccc3cc24)c(-c2ccccc2)c1. The van der Waals surface area contributed by atoms with E-state index in [2.05, 4.69) is 258 Å². The highest BCUT2D eigenvalue weighted by Gasteiger charge is 2.21. The Balaban J connectivity index is 1.03. The lowest BCUT2D eigenvalue weighted by Crippen LogP contribution is -2.11. The van der Waals surface area contributed by atoms with Crippen molar-refractivity contribution < 1.29 is 4.42 Å². The molecule has 10 aromatic carbocycles. The minimum atomic E-state index is 0.447. The molecule has 0 radical (unpaired) electrons.